The van der Waals surface area contributed by atoms with E-state index in [2.05, 4.69) is 20.8 Å². The van der Waals surface area contributed by atoms with Gasteiger partial charge < -0.3 is 9.84 Å². The number of ketones is 1. The van der Waals surface area contributed by atoms with Crippen molar-refractivity contribution in [3.05, 3.63) is 22.8 Å². The van der Waals surface area contributed by atoms with E-state index in [4.69, 9.17) is 4.74 Å². The van der Waals surface area contributed by atoms with Crippen molar-refractivity contribution in [3.8, 4) is 11.5 Å². The molecule has 1 aromatic rings. The normalized spacial score (nSPS) is 32.5. The number of ether oxygens (including phenoxy) is 1. The number of phenols is 1. The molecular weight excluding hydrogens is 288 g/mol. The van der Waals surface area contributed by atoms with Crippen LogP contribution >= 0.6 is 0 Å². The third-order valence-corrected chi connectivity index (χ3v) is 6.64. The minimum atomic E-state index is -0.0454. The van der Waals surface area contributed by atoms with Crippen LogP contribution in [0.4, 0.5) is 0 Å². The van der Waals surface area contributed by atoms with Gasteiger partial charge in [-0.25, -0.2) is 0 Å². The van der Waals surface area contributed by atoms with E-state index < -0.39 is 0 Å². The largest absolute Gasteiger partial charge is 0.507 e. The Hall–Kier alpha value is -1.51. The number of carbonyl (C=O) groups excluding carboxylic acids is 1. The lowest BCUT2D eigenvalue weighted by Gasteiger charge is -2.59. The molecular formula is C20H26O3. The molecule has 0 amide bonds. The summed E-state index contributed by atoms with van der Waals surface area (Å²) in [5, 5.41) is 11.0. The predicted octanol–water partition coefficient (Wildman–Crippen LogP) is 4.46. The van der Waals surface area contributed by atoms with Gasteiger partial charge in [-0.2, -0.15) is 0 Å². The van der Waals surface area contributed by atoms with E-state index in [0.717, 1.165) is 36.1 Å². The van der Waals surface area contributed by atoms with Crippen LogP contribution in [0, 0.1) is 17.3 Å². The minimum Gasteiger partial charge on any atom is -0.507 e. The minimum absolute atomic E-state index is 0.0454. The second-order valence-electron chi connectivity index (χ2n) is 8.19. The first kappa shape index (κ1) is 15.0. The molecule has 2 aliphatic carbocycles. The number of hydrogen-bond acceptors (Lipinski definition) is 3. The average molecular weight is 314 g/mol. The Labute approximate surface area is 138 Å². The summed E-state index contributed by atoms with van der Waals surface area (Å²) in [5.74, 6) is 2.49. The summed E-state index contributed by atoms with van der Waals surface area (Å²) in [4.78, 5) is 12.2. The van der Waals surface area contributed by atoms with Crippen molar-refractivity contribution in [1.82, 2.24) is 0 Å². The van der Waals surface area contributed by atoms with Crippen LogP contribution in [0.15, 0.2) is 6.07 Å². The predicted molar refractivity (Wildman–Crippen MR) is 89.3 cm³/mol. The second kappa shape index (κ2) is 4.75. The molecule has 3 aliphatic rings. The van der Waals surface area contributed by atoms with E-state index in [1.165, 1.54) is 6.42 Å². The van der Waals surface area contributed by atoms with Crippen molar-refractivity contribution >= 4 is 5.78 Å². The summed E-state index contributed by atoms with van der Waals surface area (Å²) in [6, 6.07) is 2.03. The molecule has 0 spiro atoms. The number of rotatable bonds is 3. The summed E-state index contributed by atoms with van der Waals surface area (Å²) in [5.41, 5.74) is 2.53. The van der Waals surface area contributed by atoms with Gasteiger partial charge in [0.15, 0.2) is 5.78 Å². The van der Waals surface area contributed by atoms with Crippen molar-refractivity contribution in [2.45, 2.75) is 65.4 Å². The zero-order chi connectivity index (χ0) is 16.5. The Morgan fingerprint density at radius 1 is 1.39 bits per heavy atom. The van der Waals surface area contributed by atoms with E-state index in [-0.39, 0.29) is 16.9 Å². The van der Waals surface area contributed by atoms with Crippen molar-refractivity contribution in [2.75, 3.05) is 0 Å². The zero-order valence-corrected chi connectivity index (χ0v) is 14.5. The molecule has 23 heavy (non-hydrogen) atoms. The van der Waals surface area contributed by atoms with Gasteiger partial charge in [0, 0.05) is 17.4 Å². The van der Waals surface area contributed by atoms with Gasteiger partial charge in [-0.15, -0.1) is 0 Å². The van der Waals surface area contributed by atoms with Crippen LogP contribution in [0.1, 0.15) is 74.4 Å². The van der Waals surface area contributed by atoms with Crippen molar-refractivity contribution in [3.63, 3.8) is 0 Å². The number of hydrogen-bond donors (Lipinski definition) is 1. The summed E-state index contributed by atoms with van der Waals surface area (Å²) < 4.78 is 6.28. The van der Waals surface area contributed by atoms with E-state index in [1.54, 1.807) is 6.92 Å². The SMILES string of the molecule is CCCc1cc2c(c(O)c1C(C)=O)[C@@H]1[C@H]3C(CC[C@H]3O2)C1(C)C. The third kappa shape index (κ3) is 1.79. The van der Waals surface area contributed by atoms with E-state index in [9.17, 15) is 9.90 Å². The van der Waals surface area contributed by atoms with E-state index >= 15 is 0 Å². The zero-order valence-electron chi connectivity index (χ0n) is 14.5. The monoisotopic (exact) mass is 314 g/mol. The first-order valence-corrected chi connectivity index (χ1v) is 8.94. The lowest BCUT2D eigenvalue weighted by Crippen LogP contribution is -2.55. The lowest BCUT2D eigenvalue weighted by atomic mass is 9.46. The standard InChI is InChI=1S/C20H26O3/c1-5-6-11-9-14-17(19(22)15(11)10(2)21)18-16-12(20(18,3)4)7-8-13(16)23-14/h9,12-13,16,18,22H,5-8H2,1-4H3/t12?,13-,16+,18+/m1/s1. The lowest BCUT2D eigenvalue weighted by molar-refractivity contribution is -0.0797. The fraction of sp³-hybridized carbons (Fsp3) is 0.650. The molecule has 1 aliphatic heterocycles. The quantitative estimate of drug-likeness (QED) is 0.838. The molecule has 4 rings (SSSR count). The highest BCUT2D eigenvalue weighted by atomic mass is 16.5. The number of aryl methyl sites for hydroxylation is 1. The van der Waals surface area contributed by atoms with Crippen LogP contribution < -0.4 is 4.74 Å². The first-order chi connectivity index (χ1) is 10.9. The molecule has 4 atom stereocenters. The Kier molecular flexibility index (Phi) is 3.11. The maximum absolute atomic E-state index is 12.2. The van der Waals surface area contributed by atoms with Crippen molar-refractivity contribution < 1.29 is 14.6 Å². The molecule has 3 heteroatoms. The molecule has 3 nitrogen and oxygen atoms in total. The fourth-order valence-corrected chi connectivity index (χ4v) is 5.74. The topological polar surface area (TPSA) is 46.5 Å². The number of aromatic hydroxyl groups is 1. The maximum atomic E-state index is 12.2. The molecule has 0 bridgehead atoms. The Morgan fingerprint density at radius 3 is 2.78 bits per heavy atom. The van der Waals surface area contributed by atoms with Gasteiger partial charge in [-0.3, -0.25) is 4.79 Å². The molecule has 1 N–H and O–H groups in total. The second-order valence-corrected chi connectivity index (χ2v) is 8.19. The number of carbonyl (C=O) groups is 1. The number of benzene rings is 1. The van der Waals surface area contributed by atoms with Crippen LogP contribution in [0.2, 0.25) is 0 Å². The molecule has 124 valence electrons. The average Bonchev–Trinajstić information content (AvgIpc) is 2.87. The number of phenolic OH excluding ortho intramolecular Hbond substituents is 1. The molecule has 2 fully saturated rings. The maximum Gasteiger partial charge on any atom is 0.163 e. The molecule has 1 unspecified atom stereocenters. The van der Waals surface area contributed by atoms with Crippen LogP contribution in [-0.4, -0.2) is 17.0 Å². The first-order valence-electron chi connectivity index (χ1n) is 8.94. The number of Topliss-reactive ketones (excluding diaryl/α,β-unsaturated/α-hetero) is 1. The molecule has 0 saturated heterocycles. The van der Waals surface area contributed by atoms with E-state index in [0.29, 0.717) is 29.4 Å². The van der Waals surface area contributed by atoms with Gasteiger partial charge in [0.05, 0.1) is 5.56 Å². The molecule has 1 aromatic carbocycles. The summed E-state index contributed by atoms with van der Waals surface area (Å²) in [7, 11) is 0. The van der Waals surface area contributed by atoms with Crippen LogP contribution in [-0.2, 0) is 6.42 Å². The Balaban J connectivity index is 1.92. The summed E-state index contributed by atoms with van der Waals surface area (Å²) in [6.45, 7) is 8.26. The molecule has 2 saturated carbocycles. The smallest absolute Gasteiger partial charge is 0.163 e. The highest BCUT2D eigenvalue weighted by Crippen LogP contribution is 2.71. The highest BCUT2D eigenvalue weighted by Gasteiger charge is 2.65. The van der Waals surface area contributed by atoms with Gasteiger partial charge >= 0.3 is 0 Å². The van der Waals surface area contributed by atoms with Crippen molar-refractivity contribution in [1.29, 1.82) is 0 Å². The van der Waals surface area contributed by atoms with Gasteiger partial charge in [0.2, 0.25) is 0 Å². The van der Waals surface area contributed by atoms with Crippen LogP contribution in [0.5, 0.6) is 11.5 Å². The highest BCUT2D eigenvalue weighted by molar-refractivity contribution is 5.99. The summed E-state index contributed by atoms with van der Waals surface area (Å²) in [6.07, 6.45) is 4.37. The number of fused-ring (bicyclic) bond motifs is 2. The molecule has 0 radical (unpaired) electrons. The molecule has 1 heterocycles. The Bertz CT molecular complexity index is 689. The summed E-state index contributed by atoms with van der Waals surface area (Å²) >= 11 is 0. The Morgan fingerprint density at radius 2 is 2.13 bits per heavy atom. The van der Waals surface area contributed by atoms with Gasteiger partial charge in [-0.1, -0.05) is 27.2 Å². The van der Waals surface area contributed by atoms with E-state index in [1.807, 2.05) is 6.07 Å². The van der Waals surface area contributed by atoms with Gasteiger partial charge in [-0.05, 0) is 49.1 Å². The molecule has 0 aromatic heterocycles. The van der Waals surface area contributed by atoms with Gasteiger partial charge in [0.25, 0.3) is 0 Å². The van der Waals surface area contributed by atoms with Crippen LogP contribution in [0.25, 0.3) is 0 Å². The van der Waals surface area contributed by atoms with Gasteiger partial charge in [0.1, 0.15) is 17.6 Å². The fourth-order valence-electron chi connectivity index (χ4n) is 5.74. The third-order valence-electron chi connectivity index (χ3n) is 6.64. The van der Waals surface area contributed by atoms with Crippen LogP contribution in [0.3, 0.4) is 0 Å². The van der Waals surface area contributed by atoms with Crippen molar-refractivity contribution in [2.24, 2.45) is 17.3 Å².